The monoisotopic (exact) mass is 227 g/mol. The summed E-state index contributed by atoms with van der Waals surface area (Å²) in [6.07, 6.45) is 6.55. The first-order valence-electron chi connectivity index (χ1n) is 6.74. The fourth-order valence-electron chi connectivity index (χ4n) is 2.70. The number of nitrogens with two attached hydrogens (primary N) is 1. The standard InChI is InChI=1S/C13H29N3/c1-4-5-6-9-16-10-7-8-13(11-14,12-16)15(2)3/h4-12,14H2,1-3H3. The SMILES string of the molecule is CCCCCN1CCCC(CN)(N(C)C)C1. The molecule has 1 atom stereocenters. The Labute approximate surface area is 101 Å². The van der Waals surface area contributed by atoms with Gasteiger partial charge in [-0.05, 0) is 46.4 Å². The van der Waals surface area contributed by atoms with Crippen molar-refractivity contribution in [2.45, 2.75) is 44.6 Å². The highest BCUT2D eigenvalue weighted by atomic mass is 15.2. The van der Waals surface area contributed by atoms with Crippen LogP contribution in [0.2, 0.25) is 0 Å². The summed E-state index contributed by atoms with van der Waals surface area (Å²) >= 11 is 0. The second-order valence-electron chi connectivity index (χ2n) is 5.41. The lowest BCUT2D eigenvalue weighted by Crippen LogP contribution is -2.60. The molecule has 0 spiro atoms. The molecule has 1 unspecified atom stereocenters. The normalized spacial score (nSPS) is 27.6. The van der Waals surface area contributed by atoms with Crippen LogP contribution in [0.15, 0.2) is 0 Å². The highest BCUT2D eigenvalue weighted by molar-refractivity contribution is 4.95. The van der Waals surface area contributed by atoms with E-state index in [0.29, 0.717) is 0 Å². The van der Waals surface area contributed by atoms with Gasteiger partial charge in [-0.25, -0.2) is 0 Å². The van der Waals surface area contributed by atoms with E-state index in [1.165, 1.54) is 45.2 Å². The maximum Gasteiger partial charge on any atom is 0.0453 e. The van der Waals surface area contributed by atoms with Gasteiger partial charge in [0.05, 0.1) is 0 Å². The molecule has 1 aliphatic heterocycles. The van der Waals surface area contributed by atoms with E-state index in [9.17, 15) is 0 Å². The van der Waals surface area contributed by atoms with Crippen molar-refractivity contribution in [3.8, 4) is 0 Å². The Morgan fingerprint density at radius 3 is 2.62 bits per heavy atom. The number of unbranched alkanes of at least 4 members (excludes halogenated alkanes) is 2. The maximum atomic E-state index is 5.99. The molecule has 1 fully saturated rings. The molecule has 3 nitrogen and oxygen atoms in total. The van der Waals surface area contributed by atoms with Crippen LogP contribution in [0.25, 0.3) is 0 Å². The minimum atomic E-state index is 0.227. The highest BCUT2D eigenvalue weighted by Crippen LogP contribution is 2.25. The zero-order valence-corrected chi connectivity index (χ0v) is 11.3. The molecule has 0 bridgehead atoms. The molecule has 0 aromatic heterocycles. The molecule has 3 heteroatoms. The molecule has 0 saturated carbocycles. The molecule has 2 N–H and O–H groups in total. The van der Waals surface area contributed by atoms with Gasteiger partial charge >= 0.3 is 0 Å². The summed E-state index contributed by atoms with van der Waals surface area (Å²) in [4.78, 5) is 4.94. The van der Waals surface area contributed by atoms with Crippen molar-refractivity contribution < 1.29 is 0 Å². The smallest absolute Gasteiger partial charge is 0.0453 e. The van der Waals surface area contributed by atoms with Gasteiger partial charge < -0.3 is 15.5 Å². The van der Waals surface area contributed by atoms with E-state index < -0.39 is 0 Å². The molecule has 1 rings (SSSR count). The maximum absolute atomic E-state index is 5.99. The summed E-state index contributed by atoms with van der Waals surface area (Å²) in [5.74, 6) is 0. The lowest BCUT2D eigenvalue weighted by Gasteiger charge is -2.46. The molecular formula is C13H29N3. The third-order valence-electron chi connectivity index (χ3n) is 4.04. The first-order chi connectivity index (χ1) is 7.64. The van der Waals surface area contributed by atoms with E-state index in [2.05, 4.69) is 30.8 Å². The van der Waals surface area contributed by atoms with Gasteiger partial charge in [0.1, 0.15) is 0 Å². The summed E-state index contributed by atoms with van der Waals surface area (Å²) in [5, 5.41) is 0. The third kappa shape index (κ3) is 3.44. The average Bonchev–Trinajstić information content (AvgIpc) is 2.29. The molecule has 0 aliphatic carbocycles. The van der Waals surface area contributed by atoms with Crippen molar-refractivity contribution in [1.82, 2.24) is 9.80 Å². The molecule has 1 heterocycles. The average molecular weight is 227 g/mol. The van der Waals surface area contributed by atoms with Crippen molar-refractivity contribution in [3.63, 3.8) is 0 Å². The number of nitrogens with zero attached hydrogens (tertiary/aromatic N) is 2. The summed E-state index contributed by atoms with van der Waals surface area (Å²) in [5.41, 5.74) is 6.21. The van der Waals surface area contributed by atoms with Crippen LogP contribution in [0.4, 0.5) is 0 Å². The third-order valence-corrected chi connectivity index (χ3v) is 4.04. The van der Waals surface area contributed by atoms with Crippen LogP contribution in [0, 0.1) is 0 Å². The lowest BCUT2D eigenvalue weighted by atomic mass is 9.87. The second-order valence-corrected chi connectivity index (χ2v) is 5.41. The first-order valence-corrected chi connectivity index (χ1v) is 6.74. The van der Waals surface area contributed by atoms with Crippen LogP contribution < -0.4 is 5.73 Å². The number of hydrogen-bond donors (Lipinski definition) is 1. The van der Waals surface area contributed by atoms with Gasteiger partial charge in [-0.2, -0.15) is 0 Å². The number of hydrogen-bond acceptors (Lipinski definition) is 3. The van der Waals surface area contributed by atoms with E-state index in [4.69, 9.17) is 5.73 Å². The fourth-order valence-corrected chi connectivity index (χ4v) is 2.70. The zero-order chi connectivity index (χ0) is 12.0. The van der Waals surface area contributed by atoms with Crippen LogP contribution in [0.1, 0.15) is 39.0 Å². The molecule has 0 aromatic rings. The van der Waals surface area contributed by atoms with Crippen LogP contribution in [0.3, 0.4) is 0 Å². The van der Waals surface area contributed by atoms with E-state index in [1.54, 1.807) is 0 Å². The van der Waals surface area contributed by atoms with Crippen molar-refractivity contribution in [1.29, 1.82) is 0 Å². The van der Waals surface area contributed by atoms with Crippen LogP contribution in [0.5, 0.6) is 0 Å². The van der Waals surface area contributed by atoms with Crippen molar-refractivity contribution in [3.05, 3.63) is 0 Å². The number of likely N-dealkylation sites (N-methyl/N-ethyl adjacent to an activating group) is 1. The van der Waals surface area contributed by atoms with E-state index in [0.717, 1.165) is 13.1 Å². The van der Waals surface area contributed by atoms with Crippen LogP contribution in [-0.2, 0) is 0 Å². The van der Waals surface area contributed by atoms with Crippen molar-refractivity contribution in [2.24, 2.45) is 5.73 Å². The largest absolute Gasteiger partial charge is 0.329 e. The first kappa shape index (κ1) is 13.9. The van der Waals surface area contributed by atoms with Crippen molar-refractivity contribution in [2.75, 3.05) is 40.3 Å². The van der Waals surface area contributed by atoms with Crippen molar-refractivity contribution >= 4 is 0 Å². The Morgan fingerprint density at radius 2 is 2.06 bits per heavy atom. The van der Waals surface area contributed by atoms with Gasteiger partial charge in [0.2, 0.25) is 0 Å². The van der Waals surface area contributed by atoms with Gasteiger partial charge in [-0.1, -0.05) is 19.8 Å². The van der Waals surface area contributed by atoms with Gasteiger partial charge in [-0.3, -0.25) is 0 Å². The molecule has 0 aromatic carbocycles. The Kier molecular flexibility index (Phi) is 5.73. The summed E-state index contributed by atoms with van der Waals surface area (Å²) in [6.45, 7) is 6.72. The Bertz CT molecular complexity index is 194. The Morgan fingerprint density at radius 1 is 1.31 bits per heavy atom. The number of rotatable bonds is 6. The Balaban J connectivity index is 2.45. The van der Waals surface area contributed by atoms with Gasteiger partial charge in [0, 0.05) is 18.6 Å². The predicted octanol–water partition coefficient (Wildman–Crippen LogP) is 1.53. The van der Waals surface area contributed by atoms with Gasteiger partial charge in [0.25, 0.3) is 0 Å². The van der Waals surface area contributed by atoms with E-state index in [1.807, 2.05) is 0 Å². The quantitative estimate of drug-likeness (QED) is 0.699. The van der Waals surface area contributed by atoms with Gasteiger partial charge in [-0.15, -0.1) is 0 Å². The molecule has 1 aliphatic rings. The van der Waals surface area contributed by atoms with E-state index >= 15 is 0 Å². The van der Waals surface area contributed by atoms with Crippen LogP contribution >= 0.6 is 0 Å². The molecule has 0 radical (unpaired) electrons. The van der Waals surface area contributed by atoms with Crippen LogP contribution in [-0.4, -0.2) is 55.6 Å². The number of piperidine rings is 1. The van der Waals surface area contributed by atoms with E-state index in [-0.39, 0.29) is 5.54 Å². The second kappa shape index (κ2) is 6.58. The predicted molar refractivity (Wildman–Crippen MR) is 70.7 cm³/mol. The summed E-state index contributed by atoms with van der Waals surface area (Å²) in [7, 11) is 4.34. The highest BCUT2D eigenvalue weighted by Gasteiger charge is 2.35. The minimum Gasteiger partial charge on any atom is -0.329 e. The fraction of sp³-hybridized carbons (Fsp3) is 1.00. The molecule has 96 valence electrons. The molecule has 1 saturated heterocycles. The summed E-state index contributed by atoms with van der Waals surface area (Å²) < 4.78 is 0. The van der Waals surface area contributed by atoms with Gasteiger partial charge in [0.15, 0.2) is 0 Å². The minimum absolute atomic E-state index is 0.227. The zero-order valence-electron chi connectivity index (χ0n) is 11.3. The Hall–Kier alpha value is -0.120. The summed E-state index contributed by atoms with van der Waals surface area (Å²) in [6, 6.07) is 0. The lowest BCUT2D eigenvalue weighted by molar-refractivity contribution is 0.0497. The molecular weight excluding hydrogens is 198 g/mol. The molecule has 0 amide bonds. The topological polar surface area (TPSA) is 32.5 Å². The molecule has 16 heavy (non-hydrogen) atoms. The number of likely N-dealkylation sites (tertiary alicyclic amines) is 1.